The fourth-order valence-electron chi connectivity index (χ4n) is 3.39. The van der Waals surface area contributed by atoms with Crippen molar-refractivity contribution in [2.45, 2.75) is 45.6 Å². The van der Waals surface area contributed by atoms with E-state index in [1.54, 1.807) is 25.1 Å². The summed E-state index contributed by atoms with van der Waals surface area (Å²) in [6.07, 6.45) is 4.03. The van der Waals surface area contributed by atoms with Gasteiger partial charge in [-0.15, -0.1) is 0 Å². The molecule has 1 aliphatic rings. The highest BCUT2D eigenvalue weighted by Gasteiger charge is 2.23. The van der Waals surface area contributed by atoms with Crippen LogP contribution in [0.5, 0.6) is 0 Å². The fraction of sp³-hybridized carbons (Fsp3) is 0.421. The van der Waals surface area contributed by atoms with Crippen LogP contribution in [0.4, 0.5) is 4.39 Å². The Bertz CT molecular complexity index is 847. The van der Waals surface area contributed by atoms with Gasteiger partial charge in [-0.05, 0) is 37.8 Å². The predicted molar refractivity (Wildman–Crippen MR) is 93.4 cm³/mol. The van der Waals surface area contributed by atoms with E-state index in [-0.39, 0.29) is 17.4 Å². The van der Waals surface area contributed by atoms with E-state index < -0.39 is 17.2 Å². The molecule has 1 heterocycles. The standard InChI is InChI=1S/C19H22FN3O2/c1-12-6-5-7-14(10-12)21-19(25)18-17(24)11-13(2)23(22-18)16-9-4-3-8-15(16)20/h3-4,8-9,11-12,14H,5-7,10H2,1-2H3,(H,21,25). The maximum absolute atomic E-state index is 14.1. The average Bonchev–Trinajstić information content (AvgIpc) is 2.56. The van der Waals surface area contributed by atoms with Crippen molar-refractivity contribution in [3.05, 3.63) is 57.8 Å². The molecular formula is C19H22FN3O2. The minimum absolute atomic E-state index is 0.0562. The average molecular weight is 343 g/mol. The number of hydrogen-bond acceptors (Lipinski definition) is 3. The zero-order valence-corrected chi connectivity index (χ0v) is 14.5. The largest absolute Gasteiger partial charge is 0.348 e. The van der Waals surface area contributed by atoms with Crippen molar-refractivity contribution in [3.8, 4) is 5.69 Å². The third-order valence-corrected chi connectivity index (χ3v) is 4.67. The molecule has 0 aliphatic heterocycles. The molecule has 0 bridgehead atoms. The highest BCUT2D eigenvalue weighted by molar-refractivity contribution is 5.92. The lowest BCUT2D eigenvalue weighted by Crippen LogP contribution is -2.41. The Hall–Kier alpha value is -2.50. The molecule has 3 rings (SSSR count). The molecule has 25 heavy (non-hydrogen) atoms. The third kappa shape index (κ3) is 3.78. The normalized spacial score (nSPS) is 20.3. The molecule has 0 radical (unpaired) electrons. The number of para-hydroxylation sites is 1. The smallest absolute Gasteiger partial charge is 0.276 e. The number of hydrogen-bond donors (Lipinski definition) is 1. The number of aromatic nitrogens is 2. The van der Waals surface area contributed by atoms with Crippen LogP contribution in [0.1, 0.15) is 48.8 Å². The van der Waals surface area contributed by atoms with Gasteiger partial charge in [0.15, 0.2) is 5.69 Å². The van der Waals surface area contributed by atoms with Crippen LogP contribution in [0.3, 0.4) is 0 Å². The third-order valence-electron chi connectivity index (χ3n) is 4.67. The molecule has 5 nitrogen and oxygen atoms in total. The molecule has 132 valence electrons. The first-order valence-electron chi connectivity index (χ1n) is 8.62. The van der Waals surface area contributed by atoms with Crippen LogP contribution in [-0.2, 0) is 0 Å². The topological polar surface area (TPSA) is 64.0 Å². The number of carbonyl (C=O) groups excluding carboxylic acids is 1. The molecule has 0 saturated heterocycles. The lowest BCUT2D eigenvalue weighted by molar-refractivity contribution is 0.0913. The summed E-state index contributed by atoms with van der Waals surface area (Å²) >= 11 is 0. The van der Waals surface area contributed by atoms with E-state index in [4.69, 9.17) is 0 Å². The molecule has 1 fully saturated rings. The minimum Gasteiger partial charge on any atom is -0.348 e. The summed E-state index contributed by atoms with van der Waals surface area (Å²) < 4.78 is 15.4. The lowest BCUT2D eigenvalue weighted by Gasteiger charge is -2.27. The minimum atomic E-state index is -0.491. The Morgan fingerprint density at radius 3 is 2.80 bits per heavy atom. The molecule has 0 spiro atoms. The Morgan fingerprint density at radius 1 is 1.32 bits per heavy atom. The van der Waals surface area contributed by atoms with E-state index in [0.717, 1.165) is 25.7 Å². The van der Waals surface area contributed by atoms with Crippen molar-refractivity contribution in [1.82, 2.24) is 15.1 Å². The number of halogens is 1. The van der Waals surface area contributed by atoms with E-state index in [1.807, 2.05) is 0 Å². The van der Waals surface area contributed by atoms with Crippen LogP contribution in [0.25, 0.3) is 5.69 Å². The number of carbonyl (C=O) groups is 1. The number of aryl methyl sites for hydroxylation is 1. The molecule has 1 N–H and O–H groups in total. The van der Waals surface area contributed by atoms with Gasteiger partial charge in [0.2, 0.25) is 5.43 Å². The van der Waals surface area contributed by atoms with Crippen molar-refractivity contribution in [2.24, 2.45) is 5.92 Å². The van der Waals surface area contributed by atoms with Gasteiger partial charge < -0.3 is 5.32 Å². The monoisotopic (exact) mass is 343 g/mol. The number of benzene rings is 1. The first kappa shape index (κ1) is 17.3. The summed E-state index contributed by atoms with van der Waals surface area (Å²) in [6.45, 7) is 3.82. The molecule has 1 amide bonds. The van der Waals surface area contributed by atoms with E-state index in [9.17, 15) is 14.0 Å². The quantitative estimate of drug-likeness (QED) is 0.932. The summed E-state index contributed by atoms with van der Waals surface area (Å²) in [5, 5.41) is 7.05. The lowest BCUT2D eigenvalue weighted by atomic mass is 9.87. The summed E-state index contributed by atoms with van der Waals surface area (Å²) in [4.78, 5) is 24.8. The van der Waals surface area contributed by atoms with Crippen LogP contribution in [0.2, 0.25) is 0 Å². The van der Waals surface area contributed by atoms with Gasteiger partial charge in [0.1, 0.15) is 11.5 Å². The molecule has 2 unspecified atom stereocenters. The van der Waals surface area contributed by atoms with Gasteiger partial charge in [0, 0.05) is 17.8 Å². The second kappa shape index (κ2) is 7.17. The molecule has 6 heteroatoms. The van der Waals surface area contributed by atoms with Gasteiger partial charge >= 0.3 is 0 Å². The number of nitrogens with zero attached hydrogens (tertiary/aromatic N) is 2. The number of rotatable bonds is 3. The molecule has 1 aromatic heterocycles. The molecule has 2 atom stereocenters. The van der Waals surface area contributed by atoms with Gasteiger partial charge in [0.05, 0.1) is 0 Å². The highest BCUT2D eigenvalue weighted by atomic mass is 19.1. The van der Waals surface area contributed by atoms with Crippen molar-refractivity contribution in [3.63, 3.8) is 0 Å². The Labute approximate surface area is 145 Å². The Balaban J connectivity index is 1.91. The van der Waals surface area contributed by atoms with Crippen molar-refractivity contribution in [1.29, 1.82) is 0 Å². The van der Waals surface area contributed by atoms with Crippen molar-refractivity contribution < 1.29 is 9.18 Å². The molecule has 1 saturated carbocycles. The van der Waals surface area contributed by atoms with Crippen LogP contribution in [-0.4, -0.2) is 21.7 Å². The van der Waals surface area contributed by atoms with Crippen molar-refractivity contribution >= 4 is 5.91 Å². The molecule has 2 aromatic rings. The second-order valence-electron chi connectivity index (χ2n) is 6.80. The van der Waals surface area contributed by atoms with Gasteiger partial charge in [-0.25, -0.2) is 9.07 Å². The highest BCUT2D eigenvalue weighted by Crippen LogP contribution is 2.23. The summed E-state index contributed by atoms with van der Waals surface area (Å²) in [5.74, 6) is -0.400. The maximum atomic E-state index is 14.1. The number of nitrogens with one attached hydrogen (secondary N) is 1. The summed E-state index contributed by atoms with van der Waals surface area (Å²) in [7, 11) is 0. The van der Waals surface area contributed by atoms with Gasteiger partial charge in [-0.3, -0.25) is 9.59 Å². The summed E-state index contributed by atoms with van der Waals surface area (Å²) in [6, 6.07) is 7.51. The van der Waals surface area contributed by atoms with Crippen LogP contribution in [0.15, 0.2) is 35.1 Å². The van der Waals surface area contributed by atoms with Crippen LogP contribution in [0, 0.1) is 18.7 Å². The SMILES string of the molecule is Cc1cc(=O)c(C(=O)NC2CCCC(C)C2)nn1-c1ccccc1F. The maximum Gasteiger partial charge on any atom is 0.276 e. The van der Waals surface area contributed by atoms with E-state index in [0.29, 0.717) is 11.6 Å². The molecular weight excluding hydrogens is 321 g/mol. The van der Waals surface area contributed by atoms with Crippen LogP contribution < -0.4 is 10.7 Å². The van der Waals surface area contributed by atoms with Gasteiger partial charge in [0.25, 0.3) is 5.91 Å². The van der Waals surface area contributed by atoms with Gasteiger partial charge in [-0.2, -0.15) is 5.10 Å². The Kier molecular flexibility index (Phi) is 4.97. The first-order valence-corrected chi connectivity index (χ1v) is 8.62. The summed E-state index contributed by atoms with van der Waals surface area (Å²) in [5.41, 5.74) is 0.0248. The van der Waals surface area contributed by atoms with E-state index >= 15 is 0 Å². The fourth-order valence-corrected chi connectivity index (χ4v) is 3.39. The van der Waals surface area contributed by atoms with E-state index in [2.05, 4.69) is 17.3 Å². The van der Waals surface area contributed by atoms with Crippen molar-refractivity contribution in [2.75, 3.05) is 0 Å². The zero-order valence-electron chi connectivity index (χ0n) is 14.5. The first-order chi connectivity index (χ1) is 12.0. The van der Waals surface area contributed by atoms with Gasteiger partial charge in [-0.1, -0.05) is 31.9 Å². The number of amides is 1. The molecule has 1 aromatic carbocycles. The predicted octanol–water partition coefficient (Wildman–Crippen LogP) is 2.99. The molecule has 1 aliphatic carbocycles. The van der Waals surface area contributed by atoms with Crippen LogP contribution >= 0.6 is 0 Å². The van der Waals surface area contributed by atoms with E-state index in [1.165, 1.54) is 16.8 Å². The Morgan fingerprint density at radius 2 is 2.08 bits per heavy atom. The second-order valence-corrected chi connectivity index (χ2v) is 6.80. The zero-order chi connectivity index (χ0) is 18.0.